The van der Waals surface area contributed by atoms with Gasteiger partial charge in [0.2, 0.25) is 0 Å². The smallest absolute Gasteiger partial charge is 0.00137 e. The molecule has 0 aromatic heterocycles. The Morgan fingerprint density at radius 2 is 1.83 bits per heavy atom. The topological polar surface area (TPSA) is 0 Å². The second kappa shape index (κ2) is 7.97. The predicted octanol–water partition coefficient (Wildman–Crippen LogP) is 6.46. The summed E-state index contributed by atoms with van der Waals surface area (Å²) in [5.74, 6) is 0. The van der Waals surface area contributed by atoms with Crippen molar-refractivity contribution in [1.29, 1.82) is 0 Å². The van der Waals surface area contributed by atoms with Crippen molar-refractivity contribution < 1.29 is 0 Å². The average molecular weight is 302 g/mol. The maximum atomic E-state index is 2.38. The molecule has 0 saturated heterocycles. The second-order valence-electron chi connectivity index (χ2n) is 6.40. The van der Waals surface area contributed by atoms with Gasteiger partial charge >= 0.3 is 0 Å². The summed E-state index contributed by atoms with van der Waals surface area (Å²) < 4.78 is 0. The van der Waals surface area contributed by atoms with Crippen molar-refractivity contribution in [3.8, 4) is 0 Å². The third kappa shape index (κ3) is 4.22. The van der Waals surface area contributed by atoms with Crippen molar-refractivity contribution in [2.24, 2.45) is 0 Å². The van der Waals surface area contributed by atoms with E-state index in [9.17, 15) is 0 Å². The van der Waals surface area contributed by atoms with Gasteiger partial charge in [-0.1, -0.05) is 80.1 Å². The van der Waals surface area contributed by atoms with Crippen LogP contribution in [0.2, 0.25) is 0 Å². The van der Waals surface area contributed by atoms with Crippen LogP contribution in [0.25, 0.3) is 11.6 Å². The summed E-state index contributed by atoms with van der Waals surface area (Å²) in [4.78, 5) is 0. The number of rotatable bonds is 7. The Labute approximate surface area is 140 Å². The normalized spacial score (nSPS) is 13.3. The van der Waals surface area contributed by atoms with Gasteiger partial charge in [0, 0.05) is 0 Å². The molecule has 0 spiro atoms. The Morgan fingerprint density at radius 1 is 0.957 bits per heavy atom. The molecule has 1 aliphatic carbocycles. The lowest BCUT2D eigenvalue weighted by Gasteiger charge is -2.06. The van der Waals surface area contributed by atoms with E-state index in [0.29, 0.717) is 0 Å². The van der Waals surface area contributed by atoms with Gasteiger partial charge in [-0.15, -0.1) is 0 Å². The highest BCUT2D eigenvalue weighted by Crippen LogP contribution is 2.31. The summed E-state index contributed by atoms with van der Waals surface area (Å²) in [5.41, 5.74) is 7.14. The quantitative estimate of drug-likeness (QED) is 0.406. The van der Waals surface area contributed by atoms with Crippen LogP contribution in [0.15, 0.2) is 60.7 Å². The lowest BCUT2D eigenvalue weighted by atomic mass is 9.99. The van der Waals surface area contributed by atoms with E-state index in [-0.39, 0.29) is 0 Å². The highest BCUT2D eigenvalue weighted by molar-refractivity contribution is 5.88. The largest absolute Gasteiger partial charge is 0.0885 e. The van der Waals surface area contributed by atoms with Crippen molar-refractivity contribution in [3.63, 3.8) is 0 Å². The standard InChI is InChI=1S/C23H26/c1-2-3-4-5-6-7-11-19-12-10-15-20(16-19)23-17-21-13-8-9-14-22(21)18-23/h4-5,8-10,12-17H,2-3,6-7,11,18H2,1H3/b5-4-. The molecule has 0 heteroatoms. The van der Waals surface area contributed by atoms with E-state index < -0.39 is 0 Å². The molecule has 0 bridgehead atoms. The molecule has 2 aromatic rings. The molecule has 0 nitrogen and oxygen atoms in total. The second-order valence-corrected chi connectivity index (χ2v) is 6.40. The van der Waals surface area contributed by atoms with E-state index in [4.69, 9.17) is 0 Å². The van der Waals surface area contributed by atoms with Gasteiger partial charge in [-0.05, 0) is 59.9 Å². The number of allylic oxidation sites excluding steroid dienone is 3. The fourth-order valence-electron chi connectivity index (χ4n) is 3.22. The highest BCUT2D eigenvalue weighted by Gasteiger charge is 2.13. The van der Waals surface area contributed by atoms with Crippen LogP contribution in [0.4, 0.5) is 0 Å². The van der Waals surface area contributed by atoms with E-state index in [1.807, 2.05) is 0 Å². The van der Waals surface area contributed by atoms with Crippen LogP contribution >= 0.6 is 0 Å². The maximum Gasteiger partial charge on any atom is -0.00137 e. The van der Waals surface area contributed by atoms with Gasteiger partial charge in [0.25, 0.3) is 0 Å². The first-order valence-electron chi connectivity index (χ1n) is 8.89. The van der Waals surface area contributed by atoms with E-state index >= 15 is 0 Å². The lowest BCUT2D eigenvalue weighted by Crippen LogP contribution is -1.90. The van der Waals surface area contributed by atoms with E-state index in [1.165, 1.54) is 59.9 Å². The number of benzene rings is 2. The molecule has 0 fully saturated rings. The molecule has 0 atom stereocenters. The minimum atomic E-state index is 1.07. The van der Waals surface area contributed by atoms with Gasteiger partial charge in [-0.2, -0.15) is 0 Å². The van der Waals surface area contributed by atoms with Gasteiger partial charge in [0.15, 0.2) is 0 Å². The van der Waals surface area contributed by atoms with E-state index in [1.54, 1.807) is 0 Å². The molecule has 0 amide bonds. The third-order valence-corrected chi connectivity index (χ3v) is 4.52. The number of hydrogen-bond donors (Lipinski definition) is 0. The summed E-state index contributed by atoms with van der Waals surface area (Å²) in [6.45, 7) is 2.23. The van der Waals surface area contributed by atoms with Crippen LogP contribution in [0, 0.1) is 0 Å². The average Bonchev–Trinajstić information content (AvgIpc) is 3.02. The predicted molar refractivity (Wildman–Crippen MR) is 101 cm³/mol. The van der Waals surface area contributed by atoms with Crippen molar-refractivity contribution in [2.75, 3.05) is 0 Å². The Balaban J connectivity index is 1.61. The van der Waals surface area contributed by atoms with Crippen molar-refractivity contribution in [3.05, 3.63) is 82.9 Å². The van der Waals surface area contributed by atoms with Gasteiger partial charge in [0.05, 0.1) is 0 Å². The van der Waals surface area contributed by atoms with Crippen LogP contribution < -0.4 is 0 Å². The zero-order valence-electron chi connectivity index (χ0n) is 14.1. The molecule has 0 saturated carbocycles. The van der Waals surface area contributed by atoms with Crippen LogP contribution in [0.5, 0.6) is 0 Å². The number of fused-ring (bicyclic) bond motifs is 1. The zero-order chi connectivity index (χ0) is 15.9. The molecule has 0 unspecified atom stereocenters. The Hall–Kier alpha value is -2.08. The van der Waals surface area contributed by atoms with Crippen LogP contribution in [-0.2, 0) is 12.8 Å². The molecule has 118 valence electrons. The first kappa shape index (κ1) is 15.8. The van der Waals surface area contributed by atoms with Crippen molar-refractivity contribution in [2.45, 2.75) is 45.4 Å². The number of aryl methyl sites for hydroxylation is 1. The Bertz CT molecular complexity index is 703. The van der Waals surface area contributed by atoms with Crippen LogP contribution in [0.1, 0.15) is 54.9 Å². The zero-order valence-corrected chi connectivity index (χ0v) is 14.1. The monoisotopic (exact) mass is 302 g/mol. The molecule has 2 aromatic carbocycles. The summed E-state index contributed by atoms with van der Waals surface area (Å²) in [6.07, 6.45) is 14.1. The van der Waals surface area contributed by atoms with E-state index in [2.05, 4.69) is 73.7 Å². The summed E-state index contributed by atoms with van der Waals surface area (Å²) in [5, 5.41) is 0. The van der Waals surface area contributed by atoms with Crippen molar-refractivity contribution in [1.82, 2.24) is 0 Å². The lowest BCUT2D eigenvalue weighted by molar-refractivity contribution is 0.836. The first-order chi connectivity index (χ1) is 11.4. The molecular formula is C23H26. The van der Waals surface area contributed by atoms with Gasteiger partial charge in [0.1, 0.15) is 0 Å². The van der Waals surface area contributed by atoms with Crippen LogP contribution in [-0.4, -0.2) is 0 Å². The van der Waals surface area contributed by atoms with Gasteiger partial charge < -0.3 is 0 Å². The molecular weight excluding hydrogens is 276 g/mol. The molecule has 0 heterocycles. The molecule has 23 heavy (non-hydrogen) atoms. The molecule has 0 N–H and O–H groups in total. The number of hydrogen-bond acceptors (Lipinski definition) is 0. The van der Waals surface area contributed by atoms with E-state index in [0.717, 1.165) is 6.42 Å². The fourth-order valence-corrected chi connectivity index (χ4v) is 3.22. The number of unbranched alkanes of at least 4 members (excludes halogenated alkanes) is 2. The van der Waals surface area contributed by atoms with Crippen molar-refractivity contribution >= 4 is 11.6 Å². The van der Waals surface area contributed by atoms with Crippen LogP contribution in [0.3, 0.4) is 0 Å². The summed E-state index contributed by atoms with van der Waals surface area (Å²) in [7, 11) is 0. The maximum absolute atomic E-state index is 2.38. The van der Waals surface area contributed by atoms with Gasteiger partial charge in [-0.3, -0.25) is 0 Å². The fraction of sp³-hybridized carbons (Fsp3) is 0.304. The first-order valence-corrected chi connectivity index (χ1v) is 8.89. The highest BCUT2D eigenvalue weighted by atomic mass is 14.2. The molecule has 1 aliphatic rings. The molecule has 0 radical (unpaired) electrons. The summed E-state index contributed by atoms with van der Waals surface area (Å²) in [6, 6.07) is 17.8. The SMILES string of the molecule is CCC/C=C\CCCc1cccc(C2=Cc3ccccc3C2)c1. The molecule has 0 aliphatic heterocycles. The minimum absolute atomic E-state index is 1.07. The Kier molecular flexibility index (Phi) is 5.47. The summed E-state index contributed by atoms with van der Waals surface area (Å²) >= 11 is 0. The Morgan fingerprint density at radius 3 is 2.70 bits per heavy atom. The third-order valence-electron chi connectivity index (χ3n) is 4.52. The minimum Gasteiger partial charge on any atom is -0.0885 e. The molecule has 3 rings (SSSR count). The van der Waals surface area contributed by atoms with Gasteiger partial charge in [-0.25, -0.2) is 0 Å².